The van der Waals surface area contributed by atoms with E-state index >= 15 is 0 Å². The van der Waals surface area contributed by atoms with Crippen molar-refractivity contribution in [3.63, 3.8) is 0 Å². The predicted octanol–water partition coefficient (Wildman–Crippen LogP) is 4.19. The van der Waals surface area contributed by atoms with E-state index in [0.717, 1.165) is 61.7 Å². The molecule has 0 unspecified atom stereocenters. The average molecular weight is 611 g/mol. The summed E-state index contributed by atoms with van der Waals surface area (Å²) in [5.41, 5.74) is 3.88. The quantitative estimate of drug-likeness (QED) is 0.540. The Morgan fingerprint density at radius 1 is 1.02 bits per heavy atom. The Morgan fingerprint density at radius 2 is 1.77 bits per heavy atom. The monoisotopic (exact) mass is 610 g/mol. The molecular weight excluding hydrogens is 568 g/mol. The summed E-state index contributed by atoms with van der Waals surface area (Å²) in [5.74, 6) is 3.51. The Balaban J connectivity index is 1.09. The summed E-state index contributed by atoms with van der Waals surface area (Å²) >= 11 is 0. The molecule has 0 spiro atoms. The predicted molar refractivity (Wildman–Crippen MR) is 164 cm³/mol. The highest BCUT2D eigenvalue weighted by Gasteiger charge is 2.41. The molecule has 1 saturated carbocycles. The van der Waals surface area contributed by atoms with Crippen molar-refractivity contribution in [1.82, 2.24) is 19.8 Å². The maximum Gasteiger partial charge on any atom is 0.410 e. The third-order valence-corrected chi connectivity index (χ3v) is 10.9. The molecule has 43 heavy (non-hydrogen) atoms. The number of carbonyl (C=O) groups excluding carboxylic acids is 1. The van der Waals surface area contributed by atoms with Crippen LogP contribution in [0.1, 0.15) is 81.6 Å². The summed E-state index contributed by atoms with van der Waals surface area (Å²) in [4.78, 5) is 28.2. The molecule has 4 fully saturated rings. The molecule has 5 aliphatic rings. The molecule has 3 saturated heterocycles. The number of fused-ring (bicyclic) bond motifs is 2. The van der Waals surface area contributed by atoms with E-state index in [2.05, 4.69) is 32.3 Å². The van der Waals surface area contributed by atoms with Crippen LogP contribution in [0, 0.1) is 0 Å². The fraction of sp³-hybridized carbons (Fsp3) is 0.645. The van der Waals surface area contributed by atoms with Crippen molar-refractivity contribution in [2.75, 3.05) is 61.0 Å². The highest BCUT2D eigenvalue weighted by Crippen LogP contribution is 2.52. The van der Waals surface area contributed by atoms with Gasteiger partial charge in [0.1, 0.15) is 35.4 Å². The van der Waals surface area contributed by atoms with E-state index in [1.165, 1.54) is 11.1 Å². The second-order valence-electron chi connectivity index (χ2n) is 13.8. The van der Waals surface area contributed by atoms with E-state index < -0.39 is 15.4 Å². The van der Waals surface area contributed by atoms with E-state index in [9.17, 15) is 13.2 Å². The molecule has 11 nitrogen and oxygen atoms in total. The molecule has 1 aliphatic carbocycles. The smallest absolute Gasteiger partial charge is 0.410 e. The fourth-order valence-electron chi connectivity index (χ4n) is 6.79. The molecular formula is C31H42N6O5S. The van der Waals surface area contributed by atoms with Crippen LogP contribution in [0.4, 0.5) is 22.1 Å². The number of rotatable bonds is 4. The van der Waals surface area contributed by atoms with Crippen molar-refractivity contribution in [3.8, 4) is 5.75 Å². The molecule has 4 aliphatic heterocycles. The maximum absolute atomic E-state index is 12.6. The Labute approximate surface area is 253 Å². The van der Waals surface area contributed by atoms with Crippen molar-refractivity contribution in [2.24, 2.45) is 0 Å². The van der Waals surface area contributed by atoms with Crippen molar-refractivity contribution < 1.29 is 22.7 Å². The van der Waals surface area contributed by atoms with Gasteiger partial charge < -0.3 is 24.6 Å². The largest absolute Gasteiger partial charge is 0.483 e. The molecule has 1 N–H and O–H groups in total. The van der Waals surface area contributed by atoms with Crippen LogP contribution < -0.4 is 15.0 Å². The van der Waals surface area contributed by atoms with Gasteiger partial charge in [-0.1, -0.05) is 6.07 Å². The zero-order chi connectivity index (χ0) is 30.1. The first kappa shape index (κ1) is 28.6. The van der Waals surface area contributed by atoms with Crippen LogP contribution in [-0.2, 0) is 14.6 Å². The third-order valence-electron chi connectivity index (χ3n) is 9.33. The fourth-order valence-corrected chi connectivity index (χ4v) is 7.99. The molecule has 232 valence electrons. The molecule has 1 aromatic carbocycles. The van der Waals surface area contributed by atoms with Crippen LogP contribution in [0.25, 0.3) is 0 Å². The van der Waals surface area contributed by atoms with Gasteiger partial charge in [-0.2, -0.15) is 0 Å². The molecule has 5 heterocycles. The molecule has 7 rings (SSSR count). The summed E-state index contributed by atoms with van der Waals surface area (Å²) < 4.78 is 36.4. The second-order valence-corrected chi connectivity index (χ2v) is 16.1. The molecule has 2 aromatic rings. The molecule has 1 aromatic heterocycles. The number of hydrogen-bond acceptors (Lipinski definition) is 10. The lowest BCUT2D eigenvalue weighted by molar-refractivity contribution is 0.0260. The van der Waals surface area contributed by atoms with E-state index in [1.807, 2.05) is 37.5 Å². The lowest BCUT2D eigenvalue weighted by atomic mass is 9.87. The second kappa shape index (κ2) is 10.5. The van der Waals surface area contributed by atoms with Crippen molar-refractivity contribution in [2.45, 2.75) is 76.5 Å². The minimum absolute atomic E-state index is 0.127. The van der Waals surface area contributed by atoms with E-state index in [0.29, 0.717) is 43.3 Å². The highest BCUT2D eigenvalue weighted by atomic mass is 32.2. The molecule has 12 heteroatoms. The standard InChI is InChI=1S/C31H42N6O5S/c1-19-26-28(32-18-33-29(26)35-9-11-43(39,40)12-10-35)34-25-14-21(13-24(20-5-6-20)27(25)41-19)22-15-37(16-22)23-7-8-36(17-23)30(38)42-31(2,3)4/h13-14,18-20,22-23H,5-12,15-17H2,1-4H3,(H,32,33,34)/t19-,23+/m1/s1. The molecule has 1 amide bonds. The normalized spacial score (nSPS) is 25.6. The highest BCUT2D eigenvalue weighted by molar-refractivity contribution is 7.91. The maximum atomic E-state index is 12.6. The van der Waals surface area contributed by atoms with Crippen LogP contribution in [0.2, 0.25) is 0 Å². The number of nitrogens with zero attached hydrogens (tertiary/aromatic N) is 5. The van der Waals surface area contributed by atoms with Gasteiger partial charge >= 0.3 is 6.09 Å². The Bertz CT molecular complexity index is 1520. The first-order valence-electron chi connectivity index (χ1n) is 15.6. The zero-order valence-electron chi connectivity index (χ0n) is 25.5. The number of nitrogens with one attached hydrogen (secondary N) is 1. The van der Waals surface area contributed by atoms with Crippen LogP contribution in [0.15, 0.2) is 18.5 Å². The third kappa shape index (κ3) is 5.75. The van der Waals surface area contributed by atoms with Gasteiger partial charge in [-0.25, -0.2) is 23.2 Å². The van der Waals surface area contributed by atoms with Gasteiger partial charge in [-0.15, -0.1) is 0 Å². The van der Waals surface area contributed by atoms with Crippen LogP contribution in [0.3, 0.4) is 0 Å². The van der Waals surface area contributed by atoms with Crippen molar-refractivity contribution in [3.05, 3.63) is 35.2 Å². The van der Waals surface area contributed by atoms with Gasteiger partial charge in [0.25, 0.3) is 0 Å². The Kier molecular flexibility index (Phi) is 7.00. The van der Waals surface area contributed by atoms with Gasteiger partial charge in [0.15, 0.2) is 9.84 Å². The van der Waals surface area contributed by atoms with E-state index in [-0.39, 0.29) is 23.7 Å². The number of ether oxygens (including phenoxy) is 2. The summed E-state index contributed by atoms with van der Waals surface area (Å²) in [6.07, 6.45) is 4.33. The number of anilines is 3. The van der Waals surface area contributed by atoms with Crippen molar-refractivity contribution in [1.29, 1.82) is 0 Å². The number of sulfone groups is 1. The van der Waals surface area contributed by atoms with Gasteiger partial charge in [-0.05, 0) is 70.1 Å². The minimum Gasteiger partial charge on any atom is -0.483 e. The number of amides is 1. The van der Waals surface area contributed by atoms with Crippen LogP contribution in [0.5, 0.6) is 5.75 Å². The van der Waals surface area contributed by atoms with Gasteiger partial charge in [0.2, 0.25) is 0 Å². The summed E-state index contributed by atoms with van der Waals surface area (Å²) in [7, 11) is -3.01. The summed E-state index contributed by atoms with van der Waals surface area (Å²) in [6.45, 7) is 12.0. The molecule has 0 radical (unpaired) electrons. The minimum atomic E-state index is -3.01. The first-order valence-corrected chi connectivity index (χ1v) is 17.4. The molecule has 2 atom stereocenters. The molecule has 0 bridgehead atoms. The lowest BCUT2D eigenvalue weighted by Gasteiger charge is -2.43. The summed E-state index contributed by atoms with van der Waals surface area (Å²) in [5, 5.41) is 3.61. The van der Waals surface area contributed by atoms with Crippen LogP contribution >= 0.6 is 0 Å². The Morgan fingerprint density at radius 3 is 2.47 bits per heavy atom. The number of likely N-dealkylation sites (tertiary alicyclic amines) is 2. The van der Waals surface area contributed by atoms with Gasteiger partial charge in [0, 0.05) is 51.2 Å². The number of benzene rings is 1. The number of aromatic nitrogens is 2. The zero-order valence-corrected chi connectivity index (χ0v) is 26.3. The number of carbonyl (C=O) groups is 1. The SMILES string of the molecule is C[C@H]1Oc2c(cc(C3CN([C@H]4CCN(C(=O)OC(C)(C)C)C4)C3)cc2C2CC2)Nc2ncnc(N3CCS(=O)(=O)CC3)c21. The van der Waals surface area contributed by atoms with Crippen molar-refractivity contribution >= 4 is 33.3 Å². The number of hydrogen-bond donors (Lipinski definition) is 1. The first-order chi connectivity index (χ1) is 20.4. The van der Waals surface area contributed by atoms with E-state index in [4.69, 9.17) is 9.47 Å². The lowest BCUT2D eigenvalue weighted by Crippen LogP contribution is -2.52. The summed E-state index contributed by atoms with van der Waals surface area (Å²) in [6, 6.07) is 4.94. The Hall–Kier alpha value is -3.12. The van der Waals surface area contributed by atoms with Crippen LogP contribution in [-0.4, -0.2) is 96.7 Å². The van der Waals surface area contributed by atoms with E-state index in [1.54, 1.807) is 6.33 Å². The average Bonchev–Trinajstić information content (AvgIpc) is 3.66. The van der Waals surface area contributed by atoms with Gasteiger partial charge in [0.05, 0.1) is 22.8 Å². The topological polar surface area (TPSA) is 117 Å². The van der Waals surface area contributed by atoms with Gasteiger partial charge in [-0.3, -0.25) is 4.90 Å².